The van der Waals surface area contributed by atoms with E-state index in [9.17, 15) is 9.90 Å². The molecule has 4 aromatic rings. The van der Waals surface area contributed by atoms with E-state index in [-0.39, 0.29) is 42.5 Å². The smallest absolute Gasteiger partial charge is 0.164 e. The predicted molar refractivity (Wildman–Crippen MR) is 170 cm³/mol. The fourth-order valence-electron chi connectivity index (χ4n) is 5.03. The number of benzene rings is 3. The van der Waals surface area contributed by atoms with Crippen molar-refractivity contribution in [3.05, 3.63) is 95.6 Å². The van der Waals surface area contributed by atoms with Gasteiger partial charge in [-0.15, -0.1) is 35.4 Å². The van der Waals surface area contributed by atoms with Crippen molar-refractivity contribution in [1.82, 2.24) is 9.97 Å². The number of hydrogen-bond acceptors (Lipinski definition) is 4. The number of nitrogens with zero attached hydrogens (tertiary/aromatic N) is 2. The Morgan fingerprint density at radius 1 is 0.976 bits per heavy atom. The van der Waals surface area contributed by atoms with Gasteiger partial charge in [-0.05, 0) is 33.2 Å². The molecule has 0 saturated carbocycles. The Balaban J connectivity index is 0.000000310. The van der Waals surface area contributed by atoms with E-state index >= 15 is 0 Å². The summed E-state index contributed by atoms with van der Waals surface area (Å²) < 4.78 is 8.25. The molecule has 1 heterocycles. The Labute approximate surface area is 266 Å². The molecule has 1 N–H and O–H groups in total. The van der Waals surface area contributed by atoms with Gasteiger partial charge >= 0.3 is 0 Å². The number of aromatic nitrogens is 2. The van der Waals surface area contributed by atoms with Crippen molar-refractivity contribution >= 4 is 16.6 Å². The Morgan fingerprint density at radius 3 is 2.21 bits per heavy atom. The van der Waals surface area contributed by atoms with E-state index in [0.29, 0.717) is 0 Å². The van der Waals surface area contributed by atoms with E-state index in [4.69, 9.17) is 6.35 Å². The molecule has 1 aromatic heterocycles. The van der Waals surface area contributed by atoms with Crippen LogP contribution in [0.3, 0.4) is 0 Å². The second-order valence-corrected chi connectivity index (χ2v) is 13.7. The fraction of sp³-hybridized carbons (Fsp3) is 0.378. The number of aliphatic hydroxyl groups is 1. The largest absolute Gasteiger partial charge is 0.512 e. The second kappa shape index (κ2) is 12.2. The first-order chi connectivity index (χ1) is 19.3. The standard InChI is InChI=1S/C26H23N2.C11H20O2.Ir/c1-16(2)17-9-11-19(12-10-17)24-22-21-14-13-18-7-5-6-8-20(18)23(21)26(3,4)25(22)28-15-27-24;1-10(2,3)8(12)7-9(13)11(4,5)6;/h5-11,13-16H,1-4H3;7,12H,1-6H3;/q-1;;/b;8-7-;/i16D;;. The maximum absolute atomic E-state index is 11.5. The zero-order valence-corrected chi connectivity index (χ0v) is 28.8. The maximum atomic E-state index is 11.5. The number of aliphatic hydroxyl groups excluding tert-OH is 1. The van der Waals surface area contributed by atoms with E-state index < -0.39 is 11.3 Å². The van der Waals surface area contributed by atoms with Gasteiger partial charge in [-0.3, -0.25) is 9.78 Å². The molecule has 42 heavy (non-hydrogen) atoms. The summed E-state index contributed by atoms with van der Waals surface area (Å²) in [5, 5.41) is 12.1. The summed E-state index contributed by atoms with van der Waals surface area (Å²) in [6, 6.07) is 22.3. The first-order valence-electron chi connectivity index (χ1n) is 14.7. The normalized spacial score (nSPS) is 14.6. The summed E-state index contributed by atoms with van der Waals surface area (Å²) in [7, 11) is 0. The molecule has 5 rings (SSSR count). The summed E-state index contributed by atoms with van der Waals surface area (Å²) in [5.41, 5.74) is 6.51. The Hall–Kier alpha value is -3.14. The van der Waals surface area contributed by atoms with Crippen molar-refractivity contribution in [3.63, 3.8) is 0 Å². The number of rotatable bonds is 3. The molecule has 1 aliphatic rings. The molecular weight excluding hydrogens is 697 g/mol. The van der Waals surface area contributed by atoms with Crippen molar-refractivity contribution in [1.29, 1.82) is 0 Å². The first kappa shape index (κ1) is 31.8. The number of allylic oxidation sites excluding steroid dienone is 2. The van der Waals surface area contributed by atoms with Gasteiger partial charge in [0.15, 0.2) is 5.78 Å². The van der Waals surface area contributed by atoms with Gasteiger partial charge in [0, 0.05) is 43.8 Å². The summed E-state index contributed by atoms with van der Waals surface area (Å²) in [6.45, 7) is 19.4. The third-order valence-corrected chi connectivity index (χ3v) is 7.68. The minimum absolute atomic E-state index is 0. The third kappa shape index (κ3) is 6.58. The van der Waals surface area contributed by atoms with Crippen LogP contribution in [0.15, 0.2) is 72.8 Å². The van der Waals surface area contributed by atoms with Crippen LogP contribution in [0.1, 0.15) is 93.3 Å². The maximum Gasteiger partial charge on any atom is 0.164 e. The molecule has 0 spiro atoms. The molecule has 0 saturated heterocycles. The molecule has 3 aromatic carbocycles. The second-order valence-electron chi connectivity index (χ2n) is 13.7. The van der Waals surface area contributed by atoms with Crippen molar-refractivity contribution in [2.24, 2.45) is 10.8 Å². The molecule has 0 unspecified atom stereocenters. The number of carbonyl (C=O) groups is 1. The van der Waals surface area contributed by atoms with E-state index in [1.165, 1.54) is 28.0 Å². The minimum atomic E-state index is -0.643. The van der Waals surface area contributed by atoms with Gasteiger partial charge < -0.3 is 5.11 Å². The van der Waals surface area contributed by atoms with E-state index in [0.717, 1.165) is 28.1 Å². The fourth-order valence-corrected chi connectivity index (χ4v) is 5.03. The van der Waals surface area contributed by atoms with Gasteiger partial charge in [0.25, 0.3) is 0 Å². The van der Waals surface area contributed by atoms with Gasteiger partial charge in [0.1, 0.15) is 12.1 Å². The summed E-state index contributed by atoms with van der Waals surface area (Å²) >= 11 is 0. The van der Waals surface area contributed by atoms with E-state index in [1.807, 2.05) is 73.6 Å². The number of fused-ring (bicyclic) bond motifs is 5. The van der Waals surface area contributed by atoms with Crippen LogP contribution in [0, 0.1) is 16.9 Å². The topological polar surface area (TPSA) is 63.1 Å². The number of ketones is 1. The molecule has 5 heteroatoms. The zero-order chi connectivity index (χ0) is 31.3. The molecule has 0 amide bonds. The SMILES string of the molecule is CC(C)(C)C(=O)/C=C(\O)C(C)(C)C.[2H]C(C)(C)c1c[c-]c(-c2ncnc3c2-c2ccc4ccccc4c2C3(C)C)cc1.[Ir]. The Morgan fingerprint density at radius 2 is 1.64 bits per heavy atom. The monoisotopic (exact) mass is 741 g/mol. The van der Waals surface area contributed by atoms with Gasteiger partial charge in [-0.25, -0.2) is 4.98 Å². The van der Waals surface area contributed by atoms with E-state index in [2.05, 4.69) is 61.3 Å². The van der Waals surface area contributed by atoms with Crippen molar-refractivity contribution < 1.29 is 31.4 Å². The van der Waals surface area contributed by atoms with E-state index in [1.54, 1.807) is 6.33 Å². The van der Waals surface area contributed by atoms with Crippen LogP contribution in [-0.4, -0.2) is 20.9 Å². The van der Waals surface area contributed by atoms with Crippen LogP contribution in [0.25, 0.3) is 33.2 Å². The summed E-state index contributed by atoms with van der Waals surface area (Å²) in [4.78, 5) is 20.9. The number of carbonyl (C=O) groups excluding carboxylic acids is 1. The third-order valence-electron chi connectivity index (χ3n) is 7.68. The van der Waals surface area contributed by atoms with Gasteiger partial charge in [0.2, 0.25) is 0 Å². The molecule has 223 valence electrons. The first-order valence-corrected chi connectivity index (χ1v) is 14.2. The average molecular weight is 741 g/mol. The van der Waals surface area contributed by atoms with Crippen molar-refractivity contribution in [2.75, 3.05) is 0 Å². The average Bonchev–Trinajstić information content (AvgIpc) is 3.14. The Kier molecular flexibility index (Phi) is 9.25. The van der Waals surface area contributed by atoms with Crippen LogP contribution in [0.5, 0.6) is 0 Å². The molecule has 0 aliphatic heterocycles. The molecule has 4 nitrogen and oxygen atoms in total. The van der Waals surface area contributed by atoms with Gasteiger partial charge in [-0.2, -0.15) is 0 Å². The molecular formula is C37H43IrN2O2-. The zero-order valence-electron chi connectivity index (χ0n) is 27.4. The van der Waals surface area contributed by atoms with Crippen LogP contribution in [-0.2, 0) is 30.3 Å². The van der Waals surface area contributed by atoms with Crippen molar-refractivity contribution in [2.45, 2.75) is 80.5 Å². The summed E-state index contributed by atoms with van der Waals surface area (Å²) in [5.74, 6) is -0.539. The van der Waals surface area contributed by atoms with Crippen molar-refractivity contribution in [3.8, 4) is 22.4 Å². The van der Waals surface area contributed by atoms with Crippen LogP contribution >= 0.6 is 0 Å². The van der Waals surface area contributed by atoms with Gasteiger partial charge in [-0.1, -0.05) is 112 Å². The predicted octanol–water partition coefficient (Wildman–Crippen LogP) is 9.61. The molecule has 0 atom stereocenters. The molecule has 1 radical (unpaired) electrons. The van der Waals surface area contributed by atoms with Crippen LogP contribution < -0.4 is 0 Å². The Bertz CT molecular complexity index is 1670. The minimum Gasteiger partial charge on any atom is -0.512 e. The van der Waals surface area contributed by atoms with Crippen LogP contribution in [0.2, 0.25) is 0 Å². The molecule has 1 aliphatic carbocycles. The summed E-state index contributed by atoms with van der Waals surface area (Å²) in [6.07, 6.45) is 3.00. The van der Waals surface area contributed by atoms with Gasteiger partial charge in [0.05, 0.1) is 5.69 Å². The quantitative estimate of drug-likeness (QED) is 0.129. The molecule has 0 fully saturated rings. The number of hydrogen-bond donors (Lipinski definition) is 1. The van der Waals surface area contributed by atoms with Crippen LogP contribution in [0.4, 0.5) is 0 Å². The molecule has 0 bridgehead atoms.